The Kier molecular flexibility index (Phi) is 3.01. The van der Waals surface area contributed by atoms with Crippen molar-refractivity contribution < 1.29 is 4.79 Å². The molecule has 1 amide bonds. The van der Waals surface area contributed by atoms with Crippen LogP contribution in [0.2, 0.25) is 0 Å². The van der Waals surface area contributed by atoms with Gasteiger partial charge in [-0.2, -0.15) is 0 Å². The van der Waals surface area contributed by atoms with E-state index >= 15 is 0 Å². The summed E-state index contributed by atoms with van der Waals surface area (Å²) in [4.78, 5) is 19.3. The molecule has 1 aliphatic rings. The fourth-order valence-corrected chi connectivity index (χ4v) is 3.21. The molecule has 0 atom stereocenters. The Morgan fingerprint density at radius 1 is 0.913 bits per heavy atom. The molecule has 0 fully saturated rings. The smallest absolute Gasteiger partial charge is 0.263 e. The van der Waals surface area contributed by atoms with Gasteiger partial charge < -0.3 is 0 Å². The van der Waals surface area contributed by atoms with Crippen LogP contribution in [0.5, 0.6) is 0 Å². The van der Waals surface area contributed by atoms with E-state index in [0.717, 1.165) is 39.0 Å². The van der Waals surface area contributed by atoms with Crippen molar-refractivity contribution in [2.45, 2.75) is 13.8 Å². The lowest BCUT2D eigenvalue weighted by Gasteiger charge is -2.21. The molecule has 0 saturated heterocycles. The first-order valence-corrected chi connectivity index (χ1v) is 7.63. The van der Waals surface area contributed by atoms with E-state index in [1.54, 1.807) is 11.1 Å². The molecule has 23 heavy (non-hydrogen) atoms. The second kappa shape index (κ2) is 5.06. The molecule has 2 aromatic carbocycles. The lowest BCUT2D eigenvalue weighted by atomic mass is 10.1. The topological polar surface area (TPSA) is 33.2 Å². The number of hydrogen-bond donors (Lipinski definition) is 0. The maximum atomic E-state index is 13.0. The largest absolute Gasteiger partial charge is 0.274 e. The van der Waals surface area contributed by atoms with Crippen molar-refractivity contribution in [1.29, 1.82) is 0 Å². The molecular formula is C20H16N2O. The highest BCUT2D eigenvalue weighted by Gasteiger charge is 2.34. The van der Waals surface area contributed by atoms with E-state index in [2.05, 4.69) is 4.98 Å². The number of para-hydroxylation sites is 1. The van der Waals surface area contributed by atoms with Crippen molar-refractivity contribution in [3.05, 3.63) is 77.5 Å². The molecule has 0 radical (unpaired) electrons. The van der Waals surface area contributed by atoms with Gasteiger partial charge in [0.15, 0.2) is 0 Å². The summed E-state index contributed by atoms with van der Waals surface area (Å²) < 4.78 is 0. The van der Waals surface area contributed by atoms with Crippen molar-refractivity contribution in [1.82, 2.24) is 4.98 Å². The predicted octanol–water partition coefficient (Wildman–Crippen LogP) is 4.65. The van der Waals surface area contributed by atoms with E-state index in [1.165, 1.54) is 0 Å². The molecular weight excluding hydrogens is 284 g/mol. The quantitative estimate of drug-likeness (QED) is 0.655. The minimum atomic E-state index is 0.00922. The Morgan fingerprint density at radius 2 is 1.65 bits per heavy atom. The molecule has 2 heterocycles. The average molecular weight is 300 g/mol. The highest BCUT2D eigenvalue weighted by atomic mass is 16.2. The number of rotatable bonds is 1. The molecule has 1 aliphatic heterocycles. The van der Waals surface area contributed by atoms with Crippen LogP contribution in [-0.2, 0) is 0 Å². The summed E-state index contributed by atoms with van der Waals surface area (Å²) in [5, 5.41) is 1.03. The fraction of sp³-hybridized carbons (Fsp3) is 0.100. The van der Waals surface area contributed by atoms with Crippen LogP contribution >= 0.6 is 0 Å². The lowest BCUT2D eigenvalue weighted by Crippen LogP contribution is -2.23. The Labute approximate surface area is 134 Å². The summed E-state index contributed by atoms with van der Waals surface area (Å²) in [6.45, 7) is 4.08. The molecule has 3 heteroatoms. The van der Waals surface area contributed by atoms with Crippen molar-refractivity contribution in [2.75, 3.05) is 4.90 Å². The molecule has 0 saturated carbocycles. The highest BCUT2D eigenvalue weighted by Crippen LogP contribution is 2.40. The first-order chi connectivity index (χ1) is 11.2. The number of carbonyl (C=O) groups is 1. The molecule has 0 bridgehead atoms. The van der Waals surface area contributed by atoms with Gasteiger partial charge in [0.05, 0.1) is 16.9 Å². The summed E-state index contributed by atoms with van der Waals surface area (Å²) >= 11 is 0. The van der Waals surface area contributed by atoms with E-state index in [0.29, 0.717) is 0 Å². The van der Waals surface area contributed by atoms with Crippen LogP contribution < -0.4 is 4.90 Å². The van der Waals surface area contributed by atoms with Gasteiger partial charge in [-0.15, -0.1) is 0 Å². The van der Waals surface area contributed by atoms with Gasteiger partial charge in [-0.05, 0) is 32.0 Å². The molecule has 1 aromatic heterocycles. The summed E-state index contributed by atoms with van der Waals surface area (Å²) in [7, 11) is 0. The minimum absolute atomic E-state index is 0.00922. The number of amides is 1. The molecule has 3 aromatic rings. The fourth-order valence-electron chi connectivity index (χ4n) is 3.21. The number of nitrogens with zero attached hydrogens (tertiary/aromatic N) is 2. The number of benzene rings is 2. The van der Waals surface area contributed by atoms with Gasteiger partial charge in [-0.1, -0.05) is 42.0 Å². The Balaban J connectivity index is 2.02. The molecule has 0 aliphatic carbocycles. The summed E-state index contributed by atoms with van der Waals surface area (Å²) in [6, 6.07) is 17.6. The first kappa shape index (κ1) is 13.7. The molecule has 0 N–H and O–H groups in total. The zero-order chi connectivity index (χ0) is 16.0. The van der Waals surface area contributed by atoms with Crippen LogP contribution in [0.4, 0.5) is 5.69 Å². The molecule has 0 unspecified atom stereocenters. The lowest BCUT2D eigenvalue weighted by molar-refractivity contribution is 0.101. The van der Waals surface area contributed by atoms with E-state index < -0.39 is 0 Å². The normalized spacial score (nSPS) is 13.6. The van der Waals surface area contributed by atoms with Gasteiger partial charge >= 0.3 is 0 Å². The Hall–Kier alpha value is -2.94. The van der Waals surface area contributed by atoms with Crippen molar-refractivity contribution in [3.8, 4) is 0 Å². The van der Waals surface area contributed by atoms with Gasteiger partial charge in [-0.3, -0.25) is 14.7 Å². The zero-order valence-corrected chi connectivity index (χ0v) is 13.1. The number of aromatic nitrogens is 1. The van der Waals surface area contributed by atoms with Crippen LogP contribution in [-0.4, -0.2) is 10.9 Å². The van der Waals surface area contributed by atoms with E-state index in [4.69, 9.17) is 0 Å². The van der Waals surface area contributed by atoms with Gasteiger partial charge in [0, 0.05) is 22.7 Å². The van der Waals surface area contributed by atoms with Gasteiger partial charge in [0.2, 0.25) is 0 Å². The first-order valence-electron chi connectivity index (χ1n) is 7.63. The number of carbonyl (C=O) groups excluding carboxylic acids is 1. The third kappa shape index (κ3) is 1.97. The minimum Gasteiger partial charge on any atom is -0.274 e. The van der Waals surface area contributed by atoms with Gasteiger partial charge in [-0.25, -0.2) is 0 Å². The van der Waals surface area contributed by atoms with Gasteiger partial charge in [0.25, 0.3) is 5.91 Å². The maximum absolute atomic E-state index is 13.0. The molecule has 3 nitrogen and oxygen atoms in total. The number of pyridine rings is 1. The number of anilines is 1. The predicted molar refractivity (Wildman–Crippen MR) is 93.3 cm³/mol. The third-order valence-corrected chi connectivity index (χ3v) is 4.17. The monoisotopic (exact) mass is 300 g/mol. The van der Waals surface area contributed by atoms with Gasteiger partial charge in [0.1, 0.15) is 0 Å². The Morgan fingerprint density at radius 3 is 2.43 bits per heavy atom. The molecule has 0 spiro atoms. The summed E-state index contributed by atoms with van der Waals surface area (Å²) in [5.41, 5.74) is 5.48. The maximum Gasteiger partial charge on any atom is 0.263 e. The summed E-state index contributed by atoms with van der Waals surface area (Å²) in [5.74, 6) is 0.00922. The van der Waals surface area contributed by atoms with Crippen molar-refractivity contribution in [2.24, 2.45) is 0 Å². The number of allylic oxidation sites excluding steroid dienone is 1. The van der Waals surface area contributed by atoms with E-state index in [-0.39, 0.29) is 5.91 Å². The Bertz CT molecular complexity index is 963. The SMILES string of the molecule is CC(C)=C1c2ccccc2C(=O)N1c1cccc2cccnc12. The van der Waals surface area contributed by atoms with E-state index in [1.807, 2.05) is 68.4 Å². The number of fused-ring (bicyclic) bond motifs is 2. The second-order valence-corrected chi connectivity index (χ2v) is 5.89. The molecule has 4 rings (SSSR count). The van der Waals surface area contributed by atoms with Crippen LogP contribution in [0.1, 0.15) is 29.8 Å². The standard InChI is InChI=1S/C20H16N2O/c1-13(2)19-15-9-3-4-10-16(15)20(23)22(19)17-11-5-7-14-8-6-12-21-18(14)17/h3-12H,1-2H3. The van der Waals surface area contributed by atoms with Crippen LogP contribution in [0.25, 0.3) is 16.6 Å². The number of hydrogen-bond acceptors (Lipinski definition) is 2. The van der Waals surface area contributed by atoms with Crippen LogP contribution in [0.15, 0.2) is 66.4 Å². The summed E-state index contributed by atoms with van der Waals surface area (Å²) in [6.07, 6.45) is 1.77. The average Bonchev–Trinajstić information content (AvgIpc) is 2.88. The second-order valence-electron chi connectivity index (χ2n) is 5.89. The van der Waals surface area contributed by atoms with Crippen molar-refractivity contribution >= 4 is 28.2 Å². The molecule has 112 valence electrons. The van der Waals surface area contributed by atoms with Crippen LogP contribution in [0.3, 0.4) is 0 Å². The van der Waals surface area contributed by atoms with Crippen LogP contribution in [0, 0.1) is 0 Å². The highest BCUT2D eigenvalue weighted by molar-refractivity contribution is 6.24. The third-order valence-electron chi connectivity index (χ3n) is 4.17. The van der Waals surface area contributed by atoms with Crippen molar-refractivity contribution in [3.63, 3.8) is 0 Å². The zero-order valence-electron chi connectivity index (χ0n) is 13.1. The van der Waals surface area contributed by atoms with E-state index in [9.17, 15) is 4.79 Å².